The molecule has 3 rings (SSSR count). The van der Waals surface area contributed by atoms with Crippen LogP contribution in [-0.2, 0) is 15.4 Å². The van der Waals surface area contributed by atoms with Crippen LogP contribution in [-0.4, -0.2) is 23.8 Å². The van der Waals surface area contributed by atoms with Gasteiger partial charge in [0.25, 0.3) is 10.0 Å². The van der Waals surface area contributed by atoms with Crippen LogP contribution in [0.25, 0.3) is 11.0 Å². The van der Waals surface area contributed by atoms with Crippen molar-refractivity contribution in [3.05, 3.63) is 48.0 Å². The van der Waals surface area contributed by atoms with Crippen molar-refractivity contribution in [1.29, 1.82) is 0 Å². The molecule has 7 heteroatoms. The van der Waals surface area contributed by atoms with Crippen LogP contribution in [0.1, 0.15) is 26.3 Å². The number of aromatic amines is 1. The van der Waals surface area contributed by atoms with Gasteiger partial charge in [0.1, 0.15) is 11.0 Å². The van der Waals surface area contributed by atoms with E-state index in [-0.39, 0.29) is 10.3 Å². The molecule has 1 aromatic heterocycles. The summed E-state index contributed by atoms with van der Waals surface area (Å²) in [4.78, 5) is 0.228. The van der Waals surface area contributed by atoms with Gasteiger partial charge in [-0.1, -0.05) is 32.9 Å². The number of benzene rings is 2. The lowest BCUT2D eigenvalue weighted by molar-refractivity contribution is 0.587. The normalized spacial score (nSPS) is 12.5. The molecule has 0 fully saturated rings. The molecule has 0 aliphatic heterocycles. The van der Waals surface area contributed by atoms with E-state index in [1.165, 1.54) is 0 Å². The second-order valence-corrected chi connectivity index (χ2v) is 8.09. The highest BCUT2D eigenvalue weighted by Gasteiger charge is 2.18. The molecule has 1 heterocycles. The molecule has 120 valence electrons. The third-order valence-corrected chi connectivity index (χ3v) is 5.00. The van der Waals surface area contributed by atoms with Crippen LogP contribution in [0.2, 0.25) is 0 Å². The van der Waals surface area contributed by atoms with Gasteiger partial charge in [-0.3, -0.25) is 4.72 Å². The summed E-state index contributed by atoms with van der Waals surface area (Å²) in [7, 11) is -3.64. The fraction of sp³-hybridized carbons (Fsp3) is 0.250. The predicted molar refractivity (Wildman–Crippen MR) is 89.8 cm³/mol. The van der Waals surface area contributed by atoms with E-state index in [4.69, 9.17) is 0 Å². The van der Waals surface area contributed by atoms with Crippen LogP contribution in [0.5, 0.6) is 0 Å². The maximum atomic E-state index is 12.5. The van der Waals surface area contributed by atoms with Gasteiger partial charge in [0.05, 0.1) is 10.6 Å². The summed E-state index contributed by atoms with van der Waals surface area (Å²) in [5, 5.41) is 10.4. The molecule has 0 aliphatic carbocycles. The van der Waals surface area contributed by atoms with Gasteiger partial charge in [0, 0.05) is 0 Å². The first-order valence-electron chi connectivity index (χ1n) is 7.20. The molecule has 23 heavy (non-hydrogen) atoms. The van der Waals surface area contributed by atoms with Gasteiger partial charge in [-0.05, 0) is 41.3 Å². The fourth-order valence-corrected chi connectivity index (χ4v) is 3.30. The number of nitrogens with one attached hydrogen (secondary N) is 2. The van der Waals surface area contributed by atoms with Crippen molar-refractivity contribution in [2.75, 3.05) is 4.72 Å². The molecular weight excluding hydrogens is 312 g/mol. The van der Waals surface area contributed by atoms with Crippen molar-refractivity contribution in [3.63, 3.8) is 0 Å². The molecule has 6 nitrogen and oxygen atoms in total. The minimum atomic E-state index is -3.64. The van der Waals surface area contributed by atoms with Gasteiger partial charge in [0.15, 0.2) is 0 Å². The van der Waals surface area contributed by atoms with Gasteiger partial charge < -0.3 is 0 Å². The Kier molecular flexibility index (Phi) is 3.60. The SMILES string of the molecule is CC(C)(C)c1ccc(S(=O)(=O)Nc2ccc3n[nH]nc3c2)cc1. The lowest BCUT2D eigenvalue weighted by Gasteiger charge is -2.19. The van der Waals surface area contributed by atoms with Gasteiger partial charge in [0.2, 0.25) is 0 Å². The molecule has 0 amide bonds. The highest BCUT2D eigenvalue weighted by atomic mass is 32.2. The minimum Gasteiger partial charge on any atom is -0.280 e. The number of aromatic nitrogens is 3. The van der Waals surface area contributed by atoms with E-state index < -0.39 is 10.0 Å². The second-order valence-electron chi connectivity index (χ2n) is 6.41. The van der Waals surface area contributed by atoms with E-state index in [2.05, 4.69) is 40.9 Å². The van der Waals surface area contributed by atoms with Crippen molar-refractivity contribution >= 4 is 26.7 Å². The van der Waals surface area contributed by atoms with Crippen molar-refractivity contribution < 1.29 is 8.42 Å². The Balaban J connectivity index is 1.88. The van der Waals surface area contributed by atoms with Gasteiger partial charge in [-0.2, -0.15) is 15.4 Å². The van der Waals surface area contributed by atoms with E-state index in [0.29, 0.717) is 16.7 Å². The number of rotatable bonds is 3. The first kappa shape index (κ1) is 15.5. The second kappa shape index (κ2) is 5.34. The largest absolute Gasteiger partial charge is 0.280 e. The van der Waals surface area contributed by atoms with Crippen molar-refractivity contribution in [2.45, 2.75) is 31.1 Å². The third kappa shape index (κ3) is 3.19. The average molecular weight is 330 g/mol. The van der Waals surface area contributed by atoms with E-state index >= 15 is 0 Å². The Hall–Kier alpha value is -2.41. The summed E-state index contributed by atoms with van der Waals surface area (Å²) in [5.41, 5.74) is 2.80. The van der Waals surface area contributed by atoms with Crippen LogP contribution in [0, 0.1) is 0 Å². The topological polar surface area (TPSA) is 87.7 Å². The Labute approximate surface area is 135 Å². The highest BCUT2D eigenvalue weighted by molar-refractivity contribution is 7.92. The Morgan fingerprint density at radius 2 is 1.61 bits per heavy atom. The molecule has 0 bridgehead atoms. The maximum Gasteiger partial charge on any atom is 0.261 e. The quantitative estimate of drug-likeness (QED) is 0.772. The lowest BCUT2D eigenvalue weighted by Crippen LogP contribution is -2.14. The average Bonchev–Trinajstić information content (AvgIpc) is 2.93. The zero-order chi connectivity index (χ0) is 16.7. The Morgan fingerprint density at radius 1 is 0.957 bits per heavy atom. The molecule has 0 aliphatic rings. The fourth-order valence-electron chi connectivity index (χ4n) is 2.25. The number of anilines is 1. The highest BCUT2D eigenvalue weighted by Crippen LogP contribution is 2.24. The third-order valence-electron chi connectivity index (χ3n) is 3.60. The number of H-pyrrole nitrogens is 1. The van der Waals surface area contributed by atoms with Gasteiger partial charge >= 0.3 is 0 Å². The maximum absolute atomic E-state index is 12.5. The zero-order valence-corrected chi connectivity index (χ0v) is 14.0. The molecule has 0 spiro atoms. The van der Waals surface area contributed by atoms with E-state index in [1.54, 1.807) is 30.3 Å². The number of hydrogen-bond acceptors (Lipinski definition) is 4. The van der Waals surface area contributed by atoms with Crippen molar-refractivity contribution in [2.24, 2.45) is 0 Å². The summed E-state index contributed by atoms with van der Waals surface area (Å²) in [6, 6.07) is 11.9. The molecule has 0 atom stereocenters. The number of nitrogens with zero attached hydrogens (tertiary/aromatic N) is 2. The molecule has 0 radical (unpaired) electrons. The Morgan fingerprint density at radius 3 is 2.26 bits per heavy atom. The zero-order valence-electron chi connectivity index (χ0n) is 13.2. The van der Waals surface area contributed by atoms with Gasteiger partial charge in [-0.15, -0.1) is 0 Å². The number of sulfonamides is 1. The van der Waals surface area contributed by atoms with Crippen molar-refractivity contribution in [1.82, 2.24) is 15.4 Å². The van der Waals surface area contributed by atoms with Crippen molar-refractivity contribution in [3.8, 4) is 0 Å². The summed E-state index contributed by atoms with van der Waals surface area (Å²) < 4.78 is 27.5. The smallest absolute Gasteiger partial charge is 0.261 e. The standard InChI is InChI=1S/C16H18N4O2S/c1-16(2,3)11-4-7-13(8-5-11)23(21,22)19-12-6-9-14-15(10-12)18-20-17-14/h4-10,19H,1-3H3,(H,17,18,20). The predicted octanol–water partition coefficient (Wildman–Crippen LogP) is 3.06. The summed E-state index contributed by atoms with van der Waals surface area (Å²) in [5.74, 6) is 0. The van der Waals surface area contributed by atoms with E-state index in [9.17, 15) is 8.42 Å². The van der Waals surface area contributed by atoms with Crippen LogP contribution < -0.4 is 4.72 Å². The van der Waals surface area contributed by atoms with Crippen LogP contribution >= 0.6 is 0 Å². The number of fused-ring (bicyclic) bond motifs is 1. The molecule has 0 unspecified atom stereocenters. The first-order valence-corrected chi connectivity index (χ1v) is 8.68. The van der Waals surface area contributed by atoms with Crippen LogP contribution in [0.4, 0.5) is 5.69 Å². The van der Waals surface area contributed by atoms with E-state index in [1.807, 2.05) is 12.1 Å². The van der Waals surface area contributed by atoms with Crippen LogP contribution in [0.15, 0.2) is 47.4 Å². The number of hydrogen-bond donors (Lipinski definition) is 2. The molecule has 0 saturated carbocycles. The summed E-state index contributed by atoms with van der Waals surface area (Å²) in [6.07, 6.45) is 0. The molecular formula is C16H18N4O2S. The molecule has 2 N–H and O–H groups in total. The van der Waals surface area contributed by atoms with Gasteiger partial charge in [-0.25, -0.2) is 8.42 Å². The lowest BCUT2D eigenvalue weighted by atomic mass is 9.87. The molecule has 0 saturated heterocycles. The Bertz CT molecular complexity index is 938. The minimum absolute atomic E-state index is 0.0201. The van der Waals surface area contributed by atoms with E-state index in [0.717, 1.165) is 5.56 Å². The summed E-state index contributed by atoms with van der Waals surface area (Å²) in [6.45, 7) is 6.26. The monoisotopic (exact) mass is 330 g/mol. The molecule has 2 aromatic carbocycles. The molecule has 3 aromatic rings. The summed E-state index contributed by atoms with van der Waals surface area (Å²) >= 11 is 0. The first-order chi connectivity index (χ1) is 10.8. The van der Waals surface area contributed by atoms with Crippen LogP contribution in [0.3, 0.4) is 0 Å².